The minimum atomic E-state index is -0.383. The lowest BCUT2D eigenvalue weighted by atomic mass is 9.93. The maximum Gasteiger partial charge on any atom is 0.144 e. The zero-order valence-corrected chi connectivity index (χ0v) is 11.7. The lowest BCUT2D eigenvalue weighted by Crippen LogP contribution is -2.41. The van der Waals surface area contributed by atoms with Gasteiger partial charge in [-0.15, -0.1) is 0 Å². The molecule has 0 saturated heterocycles. The molecule has 0 aliphatic heterocycles. The normalized spacial score (nSPS) is 14.0. The maximum atomic E-state index is 9.62. The molecule has 2 rings (SSSR count). The second-order valence-corrected chi connectivity index (χ2v) is 5.23. The van der Waals surface area contributed by atoms with Gasteiger partial charge in [0.15, 0.2) is 0 Å². The second kappa shape index (κ2) is 5.58. The minimum absolute atomic E-state index is 0.0453. The summed E-state index contributed by atoms with van der Waals surface area (Å²) in [7, 11) is 0. The Balaban J connectivity index is 2.37. The summed E-state index contributed by atoms with van der Waals surface area (Å²) in [4.78, 5) is 4.61. The average molecular weight is 259 g/mol. The summed E-state index contributed by atoms with van der Waals surface area (Å²) in [5, 5.41) is 22.2. The molecule has 0 atom stereocenters. The Bertz CT molecular complexity index is 493. The first-order valence-corrected chi connectivity index (χ1v) is 7.00. The number of aliphatic hydroxyl groups is 1. The summed E-state index contributed by atoms with van der Waals surface area (Å²) in [5.41, 5.74) is 2.50. The average Bonchev–Trinajstić information content (AvgIpc) is 2.91. The third-order valence-electron chi connectivity index (χ3n) is 4.21. The van der Waals surface area contributed by atoms with E-state index in [9.17, 15) is 10.4 Å². The van der Waals surface area contributed by atoms with Gasteiger partial charge in [-0.25, -0.2) is 4.98 Å². The zero-order chi connectivity index (χ0) is 13.9. The number of aliphatic hydroxyl groups excluding tert-OH is 1. The van der Waals surface area contributed by atoms with Crippen LogP contribution in [-0.4, -0.2) is 22.2 Å². The Morgan fingerprint density at radius 3 is 2.74 bits per heavy atom. The number of nitriles is 1. The summed E-state index contributed by atoms with van der Waals surface area (Å²) in [6.45, 7) is 4.11. The lowest BCUT2D eigenvalue weighted by molar-refractivity contribution is 0.202. The molecule has 4 heteroatoms. The van der Waals surface area contributed by atoms with Gasteiger partial charge < -0.3 is 10.4 Å². The van der Waals surface area contributed by atoms with Gasteiger partial charge in [-0.2, -0.15) is 5.26 Å². The number of nitrogens with one attached hydrogen (secondary N) is 1. The highest BCUT2D eigenvalue weighted by atomic mass is 16.3. The lowest BCUT2D eigenvalue weighted by Gasteiger charge is -2.31. The molecule has 102 valence electrons. The molecule has 0 radical (unpaired) electrons. The number of fused-ring (bicyclic) bond motifs is 1. The Hall–Kier alpha value is -1.60. The van der Waals surface area contributed by atoms with E-state index in [1.54, 1.807) is 0 Å². The third-order valence-corrected chi connectivity index (χ3v) is 4.21. The molecule has 0 saturated carbocycles. The summed E-state index contributed by atoms with van der Waals surface area (Å²) in [6, 6.07) is 4.16. The number of aryl methyl sites for hydroxylation is 2. The molecule has 1 aliphatic carbocycles. The molecule has 1 aromatic rings. The van der Waals surface area contributed by atoms with E-state index >= 15 is 0 Å². The Morgan fingerprint density at radius 2 is 2.16 bits per heavy atom. The van der Waals surface area contributed by atoms with E-state index in [1.807, 2.05) is 19.9 Å². The quantitative estimate of drug-likeness (QED) is 0.852. The number of nitrogens with zero attached hydrogens (tertiary/aromatic N) is 2. The highest BCUT2D eigenvalue weighted by molar-refractivity contribution is 5.56. The number of aromatic nitrogens is 1. The zero-order valence-electron chi connectivity index (χ0n) is 11.7. The van der Waals surface area contributed by atoms with E-state index in [0.717, 1.165) is 37.8 Å². The summed E-state index contributed by atoms with van der Waals surface area (Å²) in [6.07, 6.45) is 4.71. The van der Waals surface area contributed by atoms with Crippen molar-refractivity contribution in [2.75, 3.05) is 11.9 Å². The molecule has 19 heavy (non-hydrogen) atoms. The van der Waals surface area contributed by atoms with Crippen molar-refractivity contribution in [3.63, 3.8) is 0 Å². The maximum absolute atomic E-state index is 9.62. The molecule has 1 heterocycles. The number of hydrogen-bond acceptors (Lipinski definition) is 4. The van der Waals surface area contributed by atoms with Crippen LogP contribution in [0.3, 0.4) is 0 Å². The van der Waals surface area contributed by atoms with Gasteiger partial charge in [0.25, 0.3) is 0 Å². The number of pyridine rings is 1. The Labute approximate surface area is 114 Å². The van der Waals surface area contributed by atoms with Gasteiger partial charge in [-0.05, 0) is 43.7 Å². The van der Waals surface area contributed by atoms with Gasteiger partial charge in [0.05, 0.1) is 17.7 Å². The standard InChI is InChI=1S/C15H21N3O/c1-3-15(4-2,10-19)18-14-12(9-16)8-11-6-5-7-13(11)17-14/h8,19H,3-7,10H2,1-2H3,(H,17,18). The van der Waals surface area contributed by atoms with Crippen molar-refractivity contribution in [2.24, 2.45) is 0 Å². The number of hydrogen-bond donors (Lipinski definition) is 2. The molecule has 1 aliphatic rings. The first kappa shape index (κ1) is 13.8. The van der Waals surface area contributed by atoms with E-state index in [-0.39, 0.29) is 12.1 Å². The van der Waals surface area contributed by atoms with Crippen LogP contribution in [-0.2, 0) is 12.8 Å². The van der Waals surface area contributed by atoms with E-state index < -0.39 is 0 Å². The largest absolute Gasteiger partial charge is 0.394 e. The van der Waals surface area contributed by atoms with Gasteiger partial charge in [0, 0.05) is 5.69 Å². The minimum Gasteiger partial charge on any atom is -0.394 e. The Morgan fingerprint density at radius 1 is 1.42 bits per heavy atom. The highest BCUT2D eigenvalue weighted by Gasteiger charge is 2.27. The summed E-state index contributed by atoms with van der Waals surface area (Å²) in [5.74, 6) is 0.626. The fraction of sp³-hybridized carbons (Fsp3) is 0.600. The molecule has 4 nitrogen and oxygen atoms in total. The van der Waals surface area contributed by atoms with Crippen LogP contribution in [0.15, 0.2) is 6.07 Å². The molecule has 0 unspecified atom stereocenters. The molecular formula is C15H21N3O. The van der Waals surface area contributed by atoms with Gasteiger partial charge in [0.2, 0.25) is 0 Å². The summed E-state index contributed by atoms with van der Waals surface area (Å²) < 4.78 is 0. The predicted molar refractivity (Wildman–Crippen MR) is 75.0 cm³/mol. The first-order chi connectivity index (χ1) is 9.18. The van der Waals surface area contributed by atoms with E-state index in [2.05, 4.69) is 16.4 Å². The van der Waals surface area contributed by atoms with Crippen LogP contribution >= 0.6 is 0 Å². The van der Waals surface area contributed by atoms with Gasteiger partial charge >= 0.3 is 0 Å². The van der Waals surface area contributed by atoms with Crippen LogP contribution in [0.1, 0.15) is 49.9 Å². The fourth-order valence-electron chi connectivity index (χ4n) is 2.59. The van der Waals surface area contributed by atoms with Gasteiger partial charge in [-0.3, -0.25) is 0 Å². The molecule has 0 bridgehead atoms. The van der Waals surface area contributed by atoms with Crippen LogP contribution in [0.5, 0.6) is 0 Å². The van der Waals surface area contributed by atoms with Crippen molar-refractivity contribution in [3.05, 3.63) is 22.9 Å². The first-order valence-electron chi connectivity index (χ1n) is 7.00. The van der Waals surface area contributed by atoms with Crippen LogP contribution in [0.25, 0.3) is 0 Å². The molecule has 0 fully saturated rings. The third kappa shape index (κ3) is 2.57. The fourth-order valence-corrected chi connectivity index (χ4v) is 2.59. The van der Waals surface area contributed by atoms with Gasteiger partial charge in [-0.1, -0.05) is 13.8 Å². The van der Waals surface area contributed by atoms with Crippen molar-refractivity contribution >= 4 is 5.82 Å². The summed E-state index contributed by atoms with van der Waals surface area (Å²) >= 11 is 0. The Kier molecular flexibility index (Phi) is 4.06. The van der Waals surface area contributed by atoms with E-state index in [0.29, 0.717) is 11.4 Å². The molecule has 0 amide bonds. The predicted octanol–water partition coefficient (Wildman–Crippen LogP) is 2.40. The van der Waals surface area contributed by atoms with Crippen molar-refractivity contribution < 1.29 is 5.11 Å². The van der Waals surface area contributed by atoms with Crippen molar-refractivity contribution in [1.82, 2.24) is 4.98 Å². The second-order valence-electron chi connectivity index (χ2n) is 5.23. The molecule has 0 spiro atoms. The monoisotopic (exact) mass is 259 g/mol. The van der Waals surface area contributed by atoms with Crippen molar-refractivity contribution in [2.45, 2.75) is 51.5 Å². The SMILES string of the molecule is CCC(CC)(CO)Nc1nc2c(cc1C#N)CCC2. The van der Waals surface area contributed by atoms with Gasteiger partial charge in [0.1, 0.15) is 11.9 Å². The smallest absolute Gasteiger partial charge is 0.144 e. The molecular weight excluding hydrogens is 238 g/mol. The number of anilines is 1. The van der Waals surface area contributed by atoms with Crippen molar-refractivity contribution in [3.8, 4) is 6.07 Å². The molecule has 2 N–H and O–H groups in total. The molecule has 1 aromatic heterocycles. The number of rotatable bonds is 5. The molecule has 0 aromatic carbocycles. The van der Waals surface area contributed by atoms with Crippen LogP contribution < -0.4 is 5.32 Å². The van der Waals surface area contributed by atoms with Crippen molar-refractivity contribution in [1.29, 1.82) is 5.26 Å². The van der Waals surface area contributed by atoms with E-state index in [4.69, 9.17) is 0 Å². The van der Waals surface area contributed by atoms with E-state index in [1.165, 1.54) is 5.56 Å². The van der Waals surface area contributed by atoms with Crippen LogP contribution in [0.2, 0.25) is 0 Å². The topological polar surface area (TPSA) is 68.9 Å². The highest BCUT2D eigenvalue weighted by Crippen LogP contribution is 2.28. The van der Waals surface area contributed by atoms with Crippen LogP contribution in [0.4, 0.5) is 5.82 Å². The van der Waals surface area contributed by atoms with Crippen LogP contribution in [0, 0.1) is 11.3 Å².